The minimum atomic E-state index is -4.62. The highest BCUT2D eigenvalue weighted by Gasteiger charge is 2.34. The van der Waals surface area contributed by atoms with Gasteiger partial charge < -0.3 is 4.74 Å². The topological polar surface area (TPSA) is 58.8 Å². The summed E-state index contributed by atoms with van der Waals surface area (Å²) in [6, 6.07) is 12.3. The SMILES string of the molecule is CCCCCCCCCCCCc1cnc(-c2ccc(COc3ccc(C#N)c(C(F)(F)F)c3)cc2)nc1. The average molecular weight is 524 g/mol. The third-order valence-electron chi connectivity index (χ3n) is 6.56. The molecule has 0 fully saturated rings. The van der Waals surface area contributed by atoms with E-state index in [1.807, 2.05) is 36.7 Å². The van der Waals surface area contributed by atoms with E-state index in [-0.39, 0.29) is 12.4 Å². The Balaban J connectivity index is 1.42. The molecule has 0 aliphatic carbocycles. The van der Waals surface area contributed by atoms with Crippen LogP contribution >= 0.6 is 0 Å². The summed E-state index contributed by atoms with van der Waals surface area (Å²) in [6.45, 7) is 2.35. The van der Waals surface area contributed by atoms with Crippen molar-refractivity contribution in [3.8, 4) is 23.2 Å². The molecule has 0 unspecified atom stereocenters. The second kappa shape index (κ2) is 15.1. The molecule has 202 valence electrons. The second-order valence-electron chi connectivity index (χ2n) is 9.65. The van der Waals surface area contributed by atoms with Crippen molar-refractivity contribution in [2.45, 2.75) is 90.3 Å². The Morgan fingerprint density at radius 3 is 1.97 bits per heavy atom. The third kappa shape index (κ3) is 9.48. The van der Waals surface area contributed by atoms with Gasteiger partial charge in [-0.2, -0.15) is 18.4 Å². The number of ether oxygens (including phenoxy) is 1. The average Bonchev–Trinajstić information content (AvgIpc) is 2.93. The van der Waals surface area contributed by atoms with Crippen molar-refractivity contribution in [3.63, 3.8) is 0 Å². The zero-order chi connectivity index (χ0) is 27.2. The molecule has 0 amide bonds. The highest BCUT2D eigenvalue weighted by Crippen LogP contribution is 2.34. The minimum Gasteiger partial charge on any atom is -0.489 e. The Labute approximate surface area is 223 Å². The normalized spacial score (nSPS) is 11.3. The number of unbranched alkanes of at least 4 members (excludes halogenated alkanes) is 9. The standard InChI is InChI=1S/C31H36F3N3O/c1-2-3-4-5-6-7-8-9-10-11-12-25-21-36-30(37-22-25)26-15-13-24(14-16-26)23-38-28-18-17-27(20-35)29(19-28)31(32,33)34/h13-19,21-22H,2-12,23H2,1H3. The van der Waals surface area contributed by atoms with E-state index in [9.17, 15) is 13.2 Å². The van der Waals surface area contributed by atoms with Crippen molar-refractivity contribution in [3.05, 3.63) is 77.1 Å². The molecule has 0 atom stereocenters. The van der Waals surface area contributed by atoms with Crippen LogP contribution in [0.5, 0.6) is 5.75 Å². The zero-order valence-electron chi connectivity index (χ0n) is 22.1. The molecule has 4 nitrogen and oxygen atoms in total. The largest absolute Gasteiger partial charge is 0.489 e. The van der Waals surface area contributed by atoms with Crippen molar-refractivity contribution in [1.29, 1.82) is 5.26 Å². The van der Waals surface area contributed by atoms with Crippen LogP contribution in [0.15, 0.2) is 54.9 Å². The van der Waals surface area contributed by atoms with Crippen LogP contribution < -0.4 is 4.74 Å². The maximum Gasteiger partial charge on any atom is 0.417 e. The summed E-state index contributed by atoms with van der Waals surface area (Å²) in [5.41, 5.74) is 1.37. The molecule has 0 radical (unpaired) electrons. The quantitative estimate of drug-likeness (QED) is 0.186. The van der Waals surface area contributed by atoms with Crippen molar-refractivity contribution in [2.75, 3.05) is 0 Å². The first kappa shape index (κ1) is 29.2. The summed E-state index contributed by atoms with van der Waals surface area (Å²) in [5, 5.41) is 8.91. The number of benzene rings is 2. The highest BCUT2D eigenvalue weighted by atomic mass is 19.4. The fourth-order valence-corrected chi connectivity index (χ4v) is 4.31. The highest BCUT2D eigenvalue weighted by molar-refractivity contribution is 5.55. The molecule has 1 heterocycles. The summed E-state index contributed by atoms with van der Waals surface area (Å²) < 4.78 is 45.0. The molecule has 0 aliphatic rings. The van der Waals surface area contributed by atoms with Crippen LogP contribution in [-0.4, -0.2) is 9.97 Å². The van der Waals surface area contributed by atoms with Crippen LogP contribution in [0.4, 0.5) is 13.2 Å². The minimum absolute atomic E-state index is 0.0572. The number of hydrogen-bond acceptors (Lipinski definition) is 4. The lowest BCUT2D eigenvalue weighted by Gasteiger charge is -2.12. The lowest BCUT2D eigenvalue weighted by molar-refractivity contribution is -0.137. The Hall–Kier alpha value is -3.40. The van der Waals surface area contributed by atoms with Crippen LogP contribution in [0.3, 0.4) is 0 Å². The molecule has 0 spiro atoms. The third-order valence-corrected chi connectivity index (χ3v) is 6.56. The molecule has 0 bridgehead atoms. The smallest absolute Gasteiger partial charge is 0.417 e. The van der Waals surface area contributed by atoms with Gasteiger partial charge in [-0.1, -0.05) is 89.0 Å². The number of nitriles is 1. The first-order chi connectivity index (χ1) is 18.4. The number of rotatable bonds is 15. The molecule has 7 heteroatoms. The van der Waals surface area contributed by atoms with Gasteiger partial charge in [0.1, 0.15) is 12.4 Å². The Bertz CT molecular complexity index is 1150. The molecule has 0 aliphatic heterocycles. The molecular weight excluding hydrogens is 487 g/mol. The number of alkyl halides is 3. The fraction of sp³-hybridized carbons (Fsp3) is 0.452. The molecule has 3 aromatic rings. The first-order valence-electron chi connectivity index (χ1n) is 13.5. The number of halogens is 3. The van der Waals surface area contributed by atoms with E-state index < -0.39 is 17.3 Å². The van der Waals surface area contributed by atoms with E-state index in [0.717, 1.165) is 41.7 Å². The van der Waals surface area contributed by atoms with Gasteiger partial charge in [-0.05, 0) is 42.2 Å². The van der Waals surface area contributed by atoms with Crippen LogP contribution in [0, 0.1) is 11.3 Å². The lowest BCUT2D eigenvalue weighted by Crippen LogP contribution is -2.08. The van der Waals surface area contributed by atoms with Gasteiger partial charge in [0.25, 0.3) is 0 Å². The maximum atomic E-state index is 13.1. The number of nitrogens with zero attached hydrogens (tertiary/aromatic N) is 3. The predicted octanol–water partition coefficient (Wildman–Crippen LogP) is 9.08. The summed E-state index contributed by atoms with van der Waals surface area (Å²) in [6.07, 6.45) is 13.3. The van der Waals surface area contributed by atoms with Crippen molar-refractivity contribution >= 4 is 0 Å². The molecule has 0 saturated carbocycles. The maximum absolute atomic E-state index is 13.1. The van der Waals surface area contributed by atoms with Gasteiger partial charge in [0.2, 0.25) is 0 Å². The van der Waals surface area contributed by atoms with Crippen LogP contribution in [0.1, 0.15) is 93.4 Å². The van der Waals surface area contributed by atoms with Crippen LogP contribution in [-0.2, 0) is 19.2 Å². The van der Waals surface area contributed by atoms with E-state index in [1.165, 1.54) is 63.9 Å². The van der Waals surface area contributed by atoms with Gasteiger partial charge in [-0.3, -0.25) is 0 Å². The van der Waals surface area contributed by atoms with Gasteiger partial charge >= 0.3 is 6.18 Å². The van der Waals surface area contributed by atoms with E-state index in [2.05, 4.69) is 16.9 Å². The van der Waals surface area contributed by atoms with Gasteiger partial charge in [-0.15, -0.1) is 0 Å². The van der Waals surface area contributed by atoms with E-state index in [4.69, 9.17) is 10.00 Å². The van der Waals surface area contributed by atoms with E-state index in [0.29, 0.717) is 5.82 Å². The van der Waals surface area contributed by atoms with Crippen LogP contribution in [0.2, 0.25) is 0 Å². The summed E-state index contributed by atoms with van der Waals surface area (Å²) >= 11 is 0. The predicted molar refractivity (Wildman–Crippen MR) is 144 cm³/mol. The summed E-state index contributed by atoms with van der Waals surface area (Å²) in [5.74, 6) is 0.688. The van der Waals surface area contributed by atoms with Gasteiger partial charge in [0.15, 0.2) is 5.82 Å². The lowest BCUT2D eigenvalue weighted by atomic mass is 10.0. The molecular formula is C31H36F3N3O. The van der Waals surface area contributed by atoms with E-state index >= 15 is 0 Å². The zero-order valence-corrected chi connectivity index (χ0v) is 22.1. The fourth-order valence-electron chi connectivity index (χ4n) is 4.31. The van der Waals surface area contributed by atoms with E-state index in [1.54, 1.807) is 6.07 Å². The molecule has 38 heavy (non-hydrogen) atoms. The number of aromatic nitrogens is 2. The molecule has 0 saturated heterocycles. The molecule has 3 rings (SSSR count). The summed E-state index contributed by atoms with van der Waals surface area (Å²) in [4.78, 5) is 9.02. The van der Waals surface area contributed by atoms with Crippen molar-refractivity contribution < 1.29 is 17.9 Å². The van der Waals surface area contributed by atoms with Gasteiger partial charge in [0, 0.05) is 18.0 Å². The molecule has 2 aromatic carbocycles. The Morgan fingerprint density at radius 2 is 1.39 bits per heavy atom. The van der Waals surface area contributed by atoms with Crippen LogP contribution in [0.25, 0.3) is 11.4 Å². The van der Waals surface area contributed by atoms with Gasteiger partial charge in [-0.25, -0.2) is 9.97 Å². The van der Waals surface area contributed by atoms with Crippen molar-refractivity contribution in [1.82, 2.24) is 9.97 Å². The monoisotopic (exact) mass is 523 g/mol. The number of hydrogen-bond donors (Lipinski definition) is 0. The Morgan fingerprint density at radius 1 is 0.789 bits per heavy atom. The Kier molecular flexibility index (Phi) is 11.6. The van der Waals surface area contributed by atoms with Gasteiger partial charge in [0.05, 0.1) is 17.2 Å². The first-order valence-corrected chi connectivity index (χ1v) is 13.5. The second-order valence-corrected chi connectivity index (χ2v) is 9.65. The summed E-state index contributed by atoms with van der Waals surface area (Å²) in [7, 11) is 0. The number of aryl methyl sites for hydroxylation is 1. The van der Waals surface area contributed by atoms with Crippen molar-refractivity contribution in [2.24, 2.45) is 0 Å². The molecule has 0 N–H and O–H groups in total. The molecule has 1 aromatic heterocycles.